The monoisotopic (exact) mass is 390 g/mol. The first-order chi connectivity index (χ1) is 13.0. The second kappa shape index (κ2) is 10.7. The van der Waals surface area contributed by atoms with Crippen molar-refractivity contribution >= 4 is 17.6 Å². The van der Waals surface area contributed by atoms with Crippen LogP contribution in [0.1, 0.15) is 38.0 Å². The van der Waals surface area contributed by atoms with E-state index in [4.69, 9.17) is 16.3 Å². The van der Waals surface area contributed by atoms with E-state index >= 15 is 0 Å². The lowest BCUT2D eigenvalue weighted by atomic mass is 10.1. The number of benzene rings is 1. The minimum atomic E-state index is -0.654. The fourth-order valence-corrected chi connectivity index (χ4v) is 2.48. The van der Waals surface area contributed by atoms with Crippen LogP contribution in [-0.2, 0) is 6.54 Å². The number of rotatable bonds is 8. The van der Waals surface area contributed by atoms with Crippen LogP contribution in [0.2, 0.25) is 5.15 Å². The van der Waals surface area contributed by atoms with Crippen LogP contribution in [-0.4, -0.2) is 35.2 Å². The van der Waals surface area contributed by atoms with Crippen LogP contribution in [0.5, 0.6) is 5.75 Å². The van der Waals surface area contributed by atoms with Gasteiger partial charge in [-0.25, -0.2) is 9.98 Å². The Morgan fingerprint density at radius 1 is 1.19 bits per heavy atom. The fourth-order valence-electron chi connectivity index (χ4n) is 2.36. The van der Waals surface area contributed by atoms with Gasteiger partial charge < -0.3 is 20.5 Å². The summed E-state index contributed by atoms with van der Waals surface area (Å²) in [4.78, 5) is 8.55. The van der Waals surface area contributed by atoms with E-state index in [1.54, 1.807) is 12.3 Å². The summed E-state index contributed by atoms with van der Waals surface area (Å²) in [7, 11) is 0. The number of aliphatic hydroxyl groups is 1. The quantitative estimate of drug-likeness (QED) is 0.366. The van der Waals surface area contributed by atoms with Gasteiger partial charge in [-0.3, -0.25) is 0 Å². The molecular formula is C20H27ClN4O2. The smallest absolute Gasteiger partial charge is 0.191 e. The van der Waals surface area contributed by atoms with Gasteiger partial charge in [-0.15, -0.1) is 0 Å². The van der Waals surface area contributed by atoms with Gasteiger partial charge in [0, 0.05) is 19.3 Å². The zero-order valence-corrected chi connectivity index (χ0v) is 16.7. The number of guanidine groups is 1. The minimum absolute atomic E-state index is 0.122. The third-order valence-electron chi connectivity index (χ3n) is 3.65. The lowest BCUT2D eigenvalue weighted by molar-refractivity contribution is 0.180. The van der Waals surface area contributed by atoms with Gasteiger partial charge in [0.05, 0.1) is 18.8 Å². The molecule has 0 aliphatic rings. The Balaban J connectivity index is 1.91. The minimum Gasteiger partial charge on any atom is -0.491 e. The summed E-state index contributed by atoms with van der Waals surface area (Å²) in [6.07, 6.45) is 1.17. The lowest BCUT2D eigenvalue weighted by Gasteiger charge is -2.16. The van der Waals surface area contributed by atoms with Crippen molar-refractivity contribution in [1.82, 2.24) is 15.6 Å². The van der Waals surface area contributed by atoms with Gasteiger partial charge in [0.1, 0.15) is 10.9 Å². The molecule has 0 fully saturated rings. The molecule has 0 bridgehead atoms. The highest BCUT2D eigenvalue weighted by atomic mass is 35.5. The van der Waals surface area contributed by atoms with Gasteiger partial charge >= 0.3 is 0 Å². The van der Waals surface area contributed by atoms with Crippen LogP contribution in [0.15, 0.2) is 47.6 Å². The highest BCUT2D eigenvalue weighted by molar-refractivity contribution is 6.29. The van der Waals surface area contributed by atoms with Gasteiger partial charge in [0.15, 0.2) is 5.96 Å². The number of aliphatic hydroxyl groups excluding tert-OH is 1. The van der Waals surface area contributed by atoms with Crippen molar-refractivity contribution in [2.24, 2.45) is 4.99 Å². The first-order valence-electron chi connectivity index (χ1n) is 9.05. The predicted octanol–water partition coefficient (Wildman–Crippen LogP) is 3.31. The number of aromatic nitrogens is 1. The van der Waals surface area contributed by atoms with E-state index in [0.717, 1.165) is 23.4 Å². The molecule has 0 amide bonds. The molecule has 7 heteroatoms. The molecule has 1 aromatic carbocycles. The summed E-state index contributed by atoms with van der Waals surface area (Å²) >= 11 is 5.79. The molecule has 6 nitrogen and oxygen atoms in total. The molecule has 1 aromatic heterocycles. The molecule has 0 spiro atoms. The molecule has 1 unspecified atom stereocenters. The topological polar surface area (TPSA) is 78.8 Å². The summed E-state index contributed by atoms with van der Waals surface area (Å²) < 4.78 is 5.62. The standard InChI is InChI=1S/C20H27ClN4O2/c1-4-22-20(24-12-15-5-10-19(21)23-11-15)25-13-18(26)16-6-8-17(9-7-16)27-14(2)3/h5-11,14,18,26H,4,12-13H2,1-3H3,(H2,22,24,25). The largest absolute Gasteiger partial charge is 0.491 e. The molecule has 0 aliphatic heterocycles. The maximum absolute atomic E-state index is 10.4. The van der Waals surface area contributed by atoms with Crippen LogP contribution in [0.3, 0.4) is 0 Å². The Labute approximate surface area is 165 Å². The van der Waals surface area contributed by atoms with Crippen molar-refractivity contribution in [2.75, 3.05) is 13.1 Å². The number of hydrogen-bond acceptors (Lipinski definition) is 4. The van der Waals surface area contributed by atoms with Gasteiger partial charge in [-0.05, 0) is 50.1 Å². The number of hydrogen-bond donors (Lipinski definition) is 3. The van der Waals surface area contributed by atoms with Crippen molar-refractivity contribution in [3.05, 3.63) is 58.9 Å². The first-order valence-corrected chi connectivity index (χ1v) is 9.43. The van der Waals surface area contributed by atoms with Crippen LogP contribution in [0.25, 0.3) is 0 Å². The van der Waals surface area contributed by atoms with E-state index in [2.05, 4.69) is 20.6 Å². The lowest BCUT2D eigenvalue weighted by Crippen LogP contribution is -2.39. The molecule has 1 heterocycles. The molecule has 27 heavy (non-hydrogen) atoms. The first kappa shape index (κ1) is 21.0. The maximum Gasteiger partial charge on any atom is 0.191 e. The molecule has 146 valence electrons. The van der Waals surface area contributed by atoms with Crippen LogP contribution >= 0.6 is 11.6 Å². The molecule has 3 N–H and O–H groups in total. The van der Waals surface area contributed by atoms with Gasteiger partial charge in [0.2, 0.25) is 0 Å². The van der Waals surface area contributed by atoms with E-state index in [9.17, 15) is 5.11 Å². The Kier molecular flexibility index (Phi) is 8.36. The second-order valence-corrected chi connectivity index (χ2v) is 6.70. The molecule has 1 atom stereocenters. The molecule has 2 rings (SSSR count). The Morgan fingerprint density at radius 2 is 1.93 bits per heavy atom. The summed E-state index contributed by atoms with van der Waals surface area (Å²) in [6, 6.07) is 11.1. The maximum atomic E-state index is 10.4. The Bertz CT molecular complexity index is 718. The van der Waals surface area contributed by atoms with Crippen LogP contribution < -0.4 is 15.4 Å². The number of nitrogens with one attached hydrogen (secondary N) is 2. The summed E-state index contributed by atoms with van der Waals surface area (Å²) in [5, 5.41) is 17.2. The molecule has 2 aromatic rings. The highest BCUT2D eigenvalue weighted by Crippen LogP contribution is 2.18. The van der Waals surface area contributed by atoms with E-state index in [-0.39, 0.29) is 6.10 Å². The van der Waals surface area contributed by atoms with Crippen LogP contribution in [0, 0.1) is 0 Å². The predicted molar refractivity (Wildman–Crippen MR) is 109 cm³/mol. The van der Waals surface area contributed by atoms with Gasteiger partial charge in [-0.2, -0.15) is 0 Å². The Hall–Kier alpha value is -2.31. The number of aliphatic imine (C=N–C) groups is 1. The number of halogens is 1. The summed E-state index contributed by atoms with van der Waals surface area (Å²) in [5.41, 5.74) is 1.77. The van der Waals surface area contributed by atoms with E-state index in [0.29, 0.717) is 24.2 Å². The van der Waals surface area contributed by atoms with Gasteiger partial charge in [-0.1, -0.05) is 29.8 Å². The van der Waals surface area contributed by atoms with Crippen molar-refractivity contribution in [2.45, 2.75) is 39.5 Å². The average Bonchev–Trinajstić information content (AvgIpc) is 2.65. The SMILES string of the molecule is CCNC(=NCc1ccc(Cl)nc1)NCC(O)c1ccc(OC(C)C)cc1. The zero-order chi connectivity index (χ0) is 19.6. The third-order valence-corrected chi connectivity index (χ3v) is 3.88. The molecule has 0 saturated heterocycles. The summed E-state index contributed by atoms with van der Waals surface area (Å²) in [5.74, 6) is 1.42. The number of ether oxygens (including phenoxy) is 1. The Morgan fingerprint density at radius 3 is 2.52 bits per heavy atom. The molecule has 0 aliphatic carbocycles. The van der Waals surface area contributed by atoms with E-state index < -0.39 is 6.10 Å². The number of nitrogens with zero attached hydrogens (tertiary/aromatic N) is 2. The van der Waals surface area contributed by atoms with Crippen molar-refractivity contribution in [3.8, 4) is 5.75 Å². The van der Waals surface area contributed by atoms with Crippen LogP contribution in [0.4, 0.5) is 0 Å². The average molecular weight is 391 g/mol. The second-order valence-electron chi connectivity index (χ2n) is 6.32. The zero-order valence-electron chi connectivity index (χ0n) is 15.9. The molecule has 0 radical (unpaired) electrons. The normalized spacial score (nSPS) is 12.7. The van der Waals surface area contributed by atoms with Gasteiger partial charge in [0.25, 0.3) is 0 Å². The number of pyridine rings is 1. The van der Waals surface area contributed by atoms with E-state index in [1.807, 2.05) is 51.1 Å². The van der Waals surface area contributed by atoms with Crippen molar-refractivity contribution < 1.29 is 9.84 Å². The molecular weight excluding hydrogens is 364 g/mol. The highest BCUT2D eigenvalue weighted by Gasteiger charge is 2.09. The van der Waals surface area contributed by atoms with Crippen molar-refractivity contribution in [3.63, 3.8) is 0 Å². The van der Waals surface area contributed by atoms with E-state index in [1.165, 1.54) is 0 Å². The van der Waals surface area contributed by atoms with Crippen molar-refractivity contribution in [1.29, 1.82) is 0 Å². The molecule has 0 saturated carbocycles. The fraction of sp³-hybridized carbons (Fsp3) is 0.400. The third kappa shape index (κ3) is 7.45. The summed E-state index contributed by atoms with van der Waals surface area (Å²) in [6.45, 7) is 7.49.